The summed E-state index contributed by atoms with van der Waals surface area (Å²) in [7, 11) is 0. The number of nitrogens with one attached hydrogen (secondary N) is 1. The van der Waals surface area contributed by atoms with Crippen LogP contribution in [0.1, 0.15) is 39.5 Å². The molecule has 0 aromatic heterocycles. The average molecular weight is 240 g/mol. The SMILES string of the molecule is CCCC1CN(CC2CCOC2)C(C)CCN1. The van der Waals surface area contributed by atoms with Crippen LogP contribution in [-0.2, 0) is 4.74 Å². The van der Waals surface area contributed by atoms with Gasteiger partial charge in [0.1, 0.15) is 0 Å². The fourth-order valence-corrected chi connectivity index (χ4v) is 3.06. The van der Waals surface area contributed by atoms with Crippen LogP contribution in [0.25, 0.3) is 0 Å². The number of hydrogen-bond donors (Lipinski definition) is 1. The molecule has 17 heavy (non-hydrogen) atoms. The molecule has 1 N–H and O–H groups in total. The van der Waals surface area contributed by atoms with Crippen molar-refractivity contribution in [2.75, 3.05) is 32.8 Å². The van der Waals surface area contributed by atoms with Gasteiger partial charge < -0.3 is 10.1 Å². The van der Waals surface area contributed by atoms with E-state index in [9.17, 15) is 0 Å². The van der Waals surface area contributed by atoms with Crippen molar-refractivity contribution in [2.45, 2.75) is 51.6 Å². The lowest BCUT2D eigenvalue weighted by atomic mass is 10.1. The van der Waals surface area contributed by atoms with Gasteiger partial charge in [0.2, 0.25) is 0 Å². The van der Waals surface area contributed by atoms with Gasteiger partial charge in [-0.25, -0.2) is 0 Å². The Morgan fingerprint density at radius 2 is 2.24 bits per heavy atom. The summed E-state index contributed by atoms with van der Waals surface area (Å²) >= 11 is 0. The van der Waals surface area contributed by atoms with E-state index in [4.69, 9.17) is 4.74 Å². The quantitative estimate of drug-likeness (QED) is 0.812. The Bertz CT molecular complexity index is 216. The molecule has 2 saturated heterocycles. The Balaban J connectivity index is 1.86. The highest BCUT2D eigenvalue weighted by Crippen LogP contribution is 2.18. The summed E-state index contributed by atoms with van der Waals surface area (Å²) in [6.07, 6.45) is 5.14. The normalized spacial score (nSPS) is 36.0. The topological polar surface area (TPSA) is 24.5 Å². The van der Waals surface area contributed by atoms with Gasteiger partial charge >= 0.3 is 0 Å². The molecule has 2 fully saturated rings. The summed E-state index contributed by atoms with van der Waals surface area (Å²) in [5.41, 5.74) is 0. The van der Waals surface area contributed by atoms with Crippen LogP contribution in [0.4, 0.5) is 0 Å². The number of nitrogens with zero attached hydrogens (tertiary/aromatic N) is 1. The molecule has 2 heterocycles. The molecule has 3 heteroatoms. The first-order chi connectivity index (χ1) is 8.29. The molecular formula is C14H28N2O. The van der Waals surface area contributed by atoms with Crippen LogP contribution in [-0.4, -0.2) is 49.8 Å². The Morgan fingerprint density at radius 1 is 1.35 bits per heavy atom. The van der Waals surface area contributed by atoms with Crippen molar-refractivity contribution < 1.29 is 4.74 Å². The van der Waals surface area contributed by atoms with Crippen LogP contribution in [0.15, 0.2) is 0 Å². The van der Waals surface area contributed by atoms with Gasteiger partial charge in [-0.15, -0.1) is 0 Å². The number of ether oxygens (including phenoxy) is 1. The molecule has 0 aliphatic carbocycles. The van der Waals surface area contributed by atoms with Gasteiger partial charge in [-0.2, -0.15) is 0 Å². The maximum atomic E-state index is 5.50. The number of rotatable bonds is 4. The molecule has 3 atom stereocenters. The van der Waals surface area contributed by atoms with Gasteiger partial charge in [0.25, 0.3) is 0 Å². The zero-order valence-corrected chi connectivity index (χ0v) is 11.5. The summed E-state index contributed by atoms with van der Waals surface area (Å²) < 4.78 is 5.50. The minimum atomic E-state index is 0.701. The minimum Gasteiger partial charge on any atom is -0.381 e. The van der Waals surface area contributed by atoms with Gasteiger partial charge in [-0.1, -0.05) is 13.3 Å². The molecule has 2 rings (SSSR count). The monoisotopic (exact) mass is 240 g/mol. The summed E-state index contributed by atoms with van der Waals surface area (Å²) in [6, 6.07) is 1.43. The Morgan fingerprint density at radius 3 is 2.94 bits per heavy atom. The molecule has 0 bridgehead atoms. The van der Waals surface area contributed by atoms with Crippen molar-refractivity contribution in [1.29, 1.82) is 0 Å². The first-order valence-electron chi connectivity index (χ1n) is 7.34. The van der Waals surface area contributed by atoms with Crippen LogP contribution >= 0.6 is 0 Å². The molecule has 0 radical (unpaired) electrons. The van der Waals surface area contributed by atoms with Gasteiger partial charge in [0.15, 0.2) is 0 Å². The van der Waals surface area contributed by atoms with Crippen molar-refractivity contribution in [1.82, 2.24) is 10.2 Å². The Hall–Kier alpha value is -0.120. The molecule has 0 spiro atoms. The zero-order chi connectivity index (χ0) is 12.1. The largest absolute Gasteiger partial charge is 0.381 e. The highest BCUT2D eigenvalue weighted by atomic mass is 16.5. The van der Waals surface area contributed by atoms with E-state index in [-0.39, 0.29) is 0 Å². The van der Waals surface area contributed by atoms with Crippen LogP contribution in [0, 0.1) is 5.92 Å². The first-order valence-corrected chi connectivity index (χ1v) is 7.34. The lowest BCUT2D eigenvalue weighted by Crippen LogP contribution is -2.42. The maximum absolute atomic E-state index is 5.50. The predicted octanol–water partition coefficient (Wildman–Crippen LogP) is 1.88. The zero-order valence-electron chi connectivity index (χ0n) is 11.5. The van der Waals surface area contributed by atoms with Crippen molar-refractivity contribution in [3.05, 3.63) is 0 Å². The minimum absolute atomic E-state index is 0.701. The van der Waals surface area contributed by atoms with E-state index < -0.39 is 0 Å². The Kier molecular flexibility index (Phi) is 5.26. The standard InChI is InChI=1S/C14H28N2O/c1-3-4-14-10-16(12(2)5-7-15-14)9-13-6-8-17-11-13/h12-15H,3-11H2,1-2H3. The highest BCUT2D eigenvalue weighted by molar-refractivity contribution is 4.82. The van der Waals surface area contributed by atoms with E-state index in [0.29, 0.717) is 6.04 Å². The molecule has 100 valence electrons. The summed E-state index contributed by atoms with van der Waals surface area (Å²) in [6.45, 7) is 10.3. The highest BCUT2D eigenvalue weighted by Gasteiger charge is 2.26. The number of hydrogen-bond acceptors (Lipinski definition) is 3. The maximum Gasteiger partial charge on any atom is 0.0507 e. The van der Waals surface area contributed by atoms with Crippen LogP contribution in [0.2, 0.25) is 0 Å². The Labute approximate surface area is 106 Å². The van der Waals surface area contributed by atoms with Gasteiger partial charge in [0.05, 0.1) is 6.61 Å². The summed E-state index contributed by atoms with van der Waals surface area (Å²) in [4.78, 5) is 2.69. The molecule has 0 aromatic carbocycles. The summed E-state index contributed by atoms with van der Waals surface area (Å²) in [5, 5.41) is 3.69. The van der Waals surface area contributed by atoms with Gasteiger partial charge in [-0.05, 0) is 38.6 Å². The second-order valence-corrected chi connectivity index (χ2v) is 5.76. The van der Waals surface area contributed by atoms with Crippen LogP contribution in [0.5, 0.6) is 0 Å². The third-order valence-corrected chi connectivity index (χ3v) is 4.23. The first kappa shape index (κ1) is 13.3. The van der Waals surface area contributed by atoms with Gasteiger partial charge in [0, 0.05) is 31.8 Å². The van der Waals surface area contributed by atoms with Crippen LogP contribution in [0.3, 0.4) is 0 Å². The second-order valence-electron chi connectivity index (χ2n) is 5.76. The molecule has 0 aromatic rings. The lowest BCUT2D eigenvalue weighted by molar-refractivity contribution is 0.145. The molecule has 0 amide bonds. The van der Waals surface area contributed by atoms with E-state index in [2.05, 4.69) is 24.1 Å². The lowest BCUT2D eigenvalue weighted by Gasteiger charge is -2.31. The molecule has 0 saturated carbocycles. The van der Waals surface area contributed by atoms with Gasteiger partial charge in [-0.3, -0.25) is 4.90 Å². The van der Waals surface area contributed by atoms with E-state index in [0.717, 1.165) is 25.2 Å². The van der Waals surface area contributed by atoms with E-state index >= 15 is 0 Å². The molecule has 3 nitrogen and oxygen atoms in total. The smallest absolute Gasteiger partial charge is 0.0507 e. The van der Waals surface area contributed by atoms with Crippen molar-refractivity contribution in [3.63, 3.8) is 0 Å². The molecule has 2 aliphatic rings. The van der Waals surface area contributed by atoms with Crippen molar-refractivity contribution in [3.8, 4) is 0 Å². The van der Waals surface area contributed by atoms with E-state index in [1.807, 2.05) is 0 Å². The van der Waals surface area contributed by atoms with E-state index in [1.165, 1.54) is 45.3 Å². The second kappa shape index (κ2) is 6.72. The average Bonchev–Trinajstić information content (AvgIpc) is 2.74. The third kappa shape index (κ3) is 3.94. The fraction of sp³-hybridized carbons (Fsp3) is 1.00. The van der Waals surface area contributed by atoms with Crippen molar-refractivity contribution in [2.24, 2.45) is 5.92 Å². The molecule has 2 aliphatic heterocycles. The van der Waals surface area contributed by atoms with Crippen LogP contribution < -0.4 is 5.32 Å². The summed E-state index contributed by atoms with van der Waals surface area (Å²) in [5.74, 6) is 0.776. The fourth-order valence-electron chi connectivity index (χ4n) is 3.06. The molecule has 3 unspecified atom stereocenters. The van der Waals surface area contributed by atoms with E-state index in [1.54, 1.807) is 0 Å². The molecular weight excluding hydrogens is 212 g/mol. The predicted molar refractivity (Wildman–Crippen MR) is 71.3 cm³/mol. The third-order valence-electron chi connectivity index (χ3n) is 4.23. The van der Waals surface area contributed by atoms with Crippen molar-refractivity contribution >= 4 is 0 Å².